The minimum absolute atomic E-state index is 0.138. The Balaban J connectivity index is 2.40. The Labute approximate surface area is 109 Å². The lowest BCUT2D eigenvalue weighted by molar-refractivity contribution is 0.433. The van der Waals surface area contributed by atoms with E-state index < -0.39 is 11.6 Å². The molecule has 1 aromatic heterocycles. The smallest absolute Gasteiger partial charge is 0.177 e. The van der Waals surface area contributed by atoms with E-state index in [1.165, 1.54) is 18.5 Å². The van der Waals surface area contributed by atoms with Crippen LogP contribution in [0.5, 0.6) is 11.5 Å². The number of rotatable bonds is 2. The van der Waals surface area contributed by atoms with Gasteiger partial charge >= 0.3 is 0 Å². The number of hydrogen-bond donors (Lipinski definition) is 0. The van der Waals surface area contributed by atoms with Crippen LogP contribution in [-0.4, -0.2) is 4.98 Å². The SMILES string of the molecule is Fc1cc(F)c(Oc2cnccc2Cl)c(Br)c1. The molecule has 0 bridgehead atoms. The summed E-state index contributed by atoms with van der Waals surface area (Å²) in [6, 6.07) is 3.33. The molecule has 2 rings (SSSR count). The highest BCUT2D eigenvalue weighted by Gasteiger charge is 2.13. The highest BCUT2D eigenvalue weighted by molar-refractivity contribution is 9.10. The van der Waals surface area contributed by atoms with E-state index in [4.69, 9.17) is 16.3 Å². The Hall–Kier alpha value is -1.20. The van der Waals surface area contributed by atoms with Gasteiger partial charge in [0.15, 0.2) is 17.3 Å². The maximum atomic E-state index is 13.5. The molecule has 0 aliphatic carbocycles. The van der Waals surface area contributed by atoms with Crippen LogP contribution in [0, 0.1) is 11.6 Å². The van der Waals surface area contributed by atoms with Gasteiger partial charge in [0.2, 0.25) is 0 Å². The second kappa shape index (κ2) is 4.98. The Morgan fingerprint density at radius 3 is 2.71 bits per heavy atom. The van der Waals surface area contributed by atoms with E-state index in [0.717, 1.165) is 12.1 Å². The van der Waals surface area contributed by atoms with E-state index in [9.17, 15) is 8.78 Å². The zero-order valence-electron chi connectivity index (χ0n) is 8.25. The third kappa shape index (κ3) is 2.73. The van der Waals surface area contributed by atoms with E-state index in [1.807, 2.05) is 0 Å². The summed E-state index contributed by atoms with van der Waals surface area (Å²) in [5.74, 6) is -1.46. The van der Waals surface area contributed by atoms with E-state index in [0.29, 0.717) is 0 Å². The molecule has 0 aliphatic rings. The number of ether oxygens (including phenoxy) is 1. The monoisotopic (exact) mass is 319 g/mol. The largest absolute Gasteiger partial charge is 0.450 e. The number of nitrogens with zero attached hydrogens (tertiary/aromatic N) is 1. The van der Waals surface area contributed by atoms with Gasteiger partial charge in [-0.3, -0.25) is 4.98 Å². The number of hydrogen-bond acceptors (Lipinski definition) is 2. The number of benzene rings is 1. The van der Waals surface area contributed by atoms with Crippen molar-refractivity contribution in [1.29, 1.82) is 0 Å². The van der Waals surface area contributed by atoms with Crippen LogP contribution in [-0.2, 0) is 0 Å². The summed E-state index contributed by atoms with van der Waals surface area (Å²) in [7, 11) is 0. The molecule has 0 atom stereocenters. The summed E-state index contributed by atoms with van der Waals surface area (Å²) in [6.45, 7) is 0. The zero-order valence-corrected chi connectivity index (χ0v) is 10.6. The molecule has 2 aromatic rings. The van der Waals surface area contributed by atoms with Crippen molar-refractivity contribution in [3.8, 4) is 11.5 Å². The number of halogens is 4. The van der Waals surface area contributed by atoms with E-state index >= 15 is 0 Å². The van der Waals surface area contributed by atoms with Crippen molar-refractivity contribution < 1.29 is 13.5 Å². The predicted molar refractivity (Wildman–Crippen MR) is 63.4 cm³/mol. The molecule has 2 nitrogen and oxygen atoms in total. The summed E-state index contributed by atoms with van der Waals surface area (Å²) in [5.41, 5.74) is 0. The van der Waals surface area contributed by atoms with Gasteiger partial charge < -0.3 is 4.74 Å². The average molecular weight is 321 g/mol. The molecule has 0 N–H and O–H groups in total. The molecule has 0 amide bonds. The summed E-state index contributed by atoms with van der Waals surface area (Å²) in [5, 5.41) is 0.288. The van der Waals surface area contributed by atoms with Crippen molar-refractivity contribution in [2.45, 2.75) is 0 Å². The van der Waals surface area contributed by atoms with Crippen LogP contribution in [0.3, 0.4) is 0 Å². The van der Waals surface area contributed by atoms with Crippen molar-refractivity contribution in [3.05, 3.63) is 51.7 Å². The lowest BCUT2D eigenvalue weighted by Gasteiger charge is -2.09. The van der Waals surface area contributed by atoms with Crippen LogP contribution in [0.2, 0.25) is 5.02 Å². The summed E-state index contributed by atoms with van der Waals surface area (Å²) in [6.07, 6.45) is 2.82. The minimum Gasteiger partial charge on any atom is -0.450 e. The maximum Gasteiger partial charge on any atom is 0.177 e. The first kappa shape index (κ1) is 12.3. The van der Waals surface area contributed by atoms with Crippen molar-refractivity contribution in [2.24, 2.45) is 0 Å². The Bertz CT molecular complexity index is 542. The zero-order chi connectivity index (χ0) is 12.4. The van der Waals surface area contributed by atoms with Gasteiger partial charge in [0.25, 0.3) is 0 Å². The van der Waals surface area contributed by atoms with Crippen molar-refractivity contribution in [1.82, 2.24) is 4.98 Å². The fourth-order valence-corrected chi connectivity index (χ4v) is 1.81. The molecular formula is C11H5BrClF2NO. The standard InChI is InChI=1S/C11H5BrClF2NO/c12-7-3-6(14)4-9(15)11(7)17-10-5-16-2-1-8(10)13/h1-5H. The molecule has 17 heavy (non-hydrogen) atoms. The second-order valence-electron chi connectivity index (χ2n) is 3.11. The molecule has 1 heterocycles. The first-order valence-corrected chi connectivity index (χ1v) is 5.67. The fraction of sp³-hybridized carbons (Fsp3) is 0. The first-order valence-electron chi connectivity index (χ1n) is 4.50. The van der Waals surface area contributed by atoms with Gasteiger partial charge in [0.05, 0.1) is 15.7 Å². The third-order valence-corrected chi connectivity index (χ3v) is 2.81. The molecule has 0 spiro atoms. The van der Waals surface area contributed by atoms with Gasteiger partial charge in [0, 0.05) is 12.3 Å². The van der Waals surface area contributed by atoms with Gasteiger partial charge in [0.1, 0.15) is 5.82 Å². The van der Waals surface area contributed by atoms with E-state index in [-0.39, 0.29) is 21.0 Å². The Morgan fingerprint density at radius 1 is 1.29 bits per heavy atom. The van der Waals surface area contributed by atoms with Gasteiger partial charge in [-0.05, 0) is 28.1 Å². The molecular weight excluding hydrogens is 315 g/mol. The first-order chi connectivity index (χ1) is 8.08. The van der Waals surface area contributed by atoms with Crippen LogP contribution in [0.15, 0.2) is 35.1 Å². The van der Waals surface area contributed by atoms with Gasteiger partial charge in [-0.25, -0.2) is 8.78 Å². The quantitative estimate of drug-likeness (QED) is 0.809. The minimum atomic E-state index is -0.822. The topological polar surface area (TPSA) is 22.1 Å². The van der Waals surface area contributed by atoms with E-state index in [1.54, 1.807) is 0 Å². The molecule has 0 radical (unpaired) electrons. The second-order valence-corrected chi connectivity index (χ2v) is 4.37. The van der Waals surface area contributed by atoms with Crippen LogP contribution in [0.25, 0.3) is 0 Å². The molecule has 88 valence electrons. The lowest BCUT2D eigenvalue weighted by Crippen LogP contribution is -1.92. The van der Waals surface area contributed by atoms with Gasteiger partial charge in [-0.2, -0.15) is 0 Å². The van der Waals surface area contributed by atoms with Crippen LogP contribution < -0.4 is 4.74 Å². The van der Waals surface area contributed by atoms with Crippen LogP contribution >= 0.6 is 27.5 Å². The number of pyridine rings is 1. The molecule has 1 aromatic carbocycles. The maximum absolute atomic E-state index is 13.5. The van der Waals surface area contributed by atoms with E-state index in [2.05, 4.69) is 20.9 Å². The predicted octanol–water partition coefficient (Wildman–Crippen LogP) is 4.57. The Kier molecular flexibility index (Phi) is 3.59. The van der Waals surface area contributed by atoms with Gasteiger partial charge in [-0.15, -0.1) is 0 Å². The average Bonchev–Trinajstić information content (AvgIpc) is 2.25. The highest BCUT2D eigenvalue weighted by Crippen LogP contribution is 2.35. The van der Waals surface area contributed by atoms with Crippen molar-refractivity contribution >= 4 is 27.5 Å². The summed E-state index contributed by atoms with van der Waals surface area (Å²) in [4.78, 5) is 3.80. The van der Waals surface area contributed by atoms with Crippen LogP contribution in [0.4, 0.5) is 8.78 Å². The molecule has 0 fully saturated rings. The molecule has 0 aliphatic heterocycles. The number of aromatic nitrogens is 1. The summed E-state index contributed by atoms with van der Waals surface area (Å²) >= 11 is 8.84. The highest BCUT2D eigenvalue weighted by atomic mass is 79.9. The molecule has 0 saturated heterocycles. The third-order valence-electron chi connectivity index (χ3n) is 1.91. The lowest BCUT2D eigenvalue weighted by atomic mass is 10.3. The van der Waals surface area contributed by atoms with Crippen molar-refractivity contribution in [2.75, 3.05) is 0 Å². The van der Waals surface area contributed by atoms with Crippen molar-refractivity contribution in [3.63, 3.8) is 0 Å². The molecule has 0 unspecified atom stereocenters. The normalized spacial score (nSPS) is 10.4. The fourth-order valence-electron chi connectivity index (χ4n) is 1.17. The van der Waals surface area contributed by atoms with Gasteiger partial charge in [-0.1, -0.05) is 11.6 Å². The Morgan fingerprint density at radius 2 is 2.06 bits per heavy atom. The van der Waals surface area contributed by atoms with Crippen LogP contribution in [0.1, 0.15) is 0 Å². The molecule has 6 heteroatoms. The molecule has 0 saturated carbocycles. The summed E-state index contributed by atoms with van der Waals surface area (Å²) < 4.78 is 31.7.